The maximum absolute atomic E-state index is 12.7. The van der Waals surface area contributed by atoms with Gasteiger partial charge in [-0.1, -0.05) is 36.4 Å². The summed E-state index contributed by atoms with van der Waals surface area (Å²) in [6.45, 7) is 1.88. The first-order valence-electron chi connectivity index (χ1n) is 10.7. The molecule has 4 amide bonds. The number of benzene rings is 3. The van der Waals surface area contributed by atoms with Gasteiger partial charge >= 0.3 is 0 Å². The molecule has 8 nitrogen and oxygen atoms in total. The first kappa shape index (κ1) is 21.8. The molecule has 172 valence electrons. The molecule has 0 unspecified atom stereocenters. The Morgan fingerprint density at radius 1 is 0.686 bits per heavy atom. The third kappa shape index (κ3) is 3.97. The van der Waals surface area contributed by atoms with E-state index in [9.17, 15) is 19.2 Å². The first-order valence-corrected chi connectivity index (χ1v) is 10.7. The number of imide groups is 2. The van der Waals surface area contributed by atoms with Gasteiger partial charge in [0.15, 0.2) is 0 Å². The Morgan fingerprint density at radius 3 is 1.97 bits per heavy atom. The van der Waals surface area contributed by atoms with Gasteiger partial charge in [-0.3, -0.25) is 29.8 Å². The Bertz CT molecular complexity index is 1520. The minimum atomic E-state index is -0.596. The van der Waals surface area contributed by atoms with Crippen LogP contribution in [-0.4, -0.2) is 23.6 Å². The fraction of sp³-hybridized carbons (Fsp3) is 0.0370. The number of nitrogens with two attached hydrogens (primary N) is 1. The van der Waals surface area contributed by atoms with Crippen molar-refractivity contribution in [2.75, 3.05) is 5.73 Å². The molecule has 2 aliphatic heterocycles. The number of ether oxygens (including phenoxy) is 1. The van der Waals surface area contributed by atoms with Crippen molar-refractivity contribution in [1.29, 1.82) is 0 Å². The lowest BCUT2D eigenvalue weighted by atomic mass is 9.87. The summed E-state index contributed by atoms with van der Waals surface area (Å²) in [5, 5.41) is 4.47. The van der Waals surface area contributed by atoms with E-state index in [1.807, 2.05) is 25.1 Å². The second-order valence-electron chi connectivity index (χ2n) is 8.10. The molecule has 8 heteroatoms. The Balaban J connectivity index is 1.73. The van der Waals surface area contributed by atoms with E-state index in [1.165, 1.54) is 12.2 Å². The summed E-state index contributed by atoms with van der Waals surface area (Å²) >= 11 is 0. The minimum Gasteiger partial charge on any atom is -0.456 e. The molecule has 3 aromatic rings. The SMILES string of the molecule is Cc1cc(N)ccc1Oc1ccccc1-c1cccc(C2=CC(=O)NC2=O)c1C1=CC(=O)NC1=O. The summed E-state index contributed by atoms with van der Waals surface area (Å²) in [4.78, 5) is 49.1. The smallest absolute Gasteiger partial charge is 0.258 e. The van der Waals surface area contributed by atoms with Gasteiger partial charge in [0.1, 0.15) is 11.5 Å². The molecule has 0 aliphatic carbocycles. The normalized spacial score (nSPS) is 15.0. The summed E-state index contributed by atoms with van der Waals surface area (Å²) in [7, 11) is 0. The van der Waals surface area contributed by atoms with Crippen LogP contribution in [0.2, 0.25) is 0 Å². The molecule has 0 atom stereocenters. The third-order valence-electron chi connectivity index (χ3n) is 5.73. The van der Waals surface area contributed by atoms with E-state index in [4.69, 9.17) is 10.5 Å². The number of anilines is 1. The molecule has 0 aromatic heterocycles. The molecule has 2 aliphatic rings. The van der Waals surface area contributed by atoms with Crippen LogP contribution in [0.25, 0.3) is 22.3 Å². The van der Waals surface area contributed by atoms with Crippen LogP contribution >= 0.6 is 0 Å². The van der Waals surface area contributed by atoms with Crippen molar-refractivity contribution in [3.63, 3.8) is 0 Å². The zero-order valence-corrected chi connectivity index (χ0v) is 18.5. The van der Waals surface area contributed by atoms with E-state index in [-0.39, 0.29) is 11.1 Å². The van der Waals surface area contributed by atoms with Crippen LogP contribution in [0.5, 0.6) is 11.5 Å². The Morgan fingerprint density at radius 2 is 1.31 bits per heavy atom. The van der Waals surface area contributed by atoms with Crippen molar-refractivity contribution in [3.05, 3.63) is 89.5 Å². The molecule has 4 N–H and O–H groups in total. The van der Waals surface area contributed by atoms with Crippen LogP contribution < -0.4 is 21.1 Å². The largest absolute Gasteiger partial charge is 0.456 e. The van der Waals surface area contributed by atoms with E-state index >= 15 is 0 Å². The molecule has 0 radical (unpaired) electrons. The van der Waals surface area contributed by atoms with Crippen molar-refractivity contribution in [1.82, 2.24) is 10.6 Å². The molecule has 0 saturated heterocycles. The van der Waals surface area contributed by atoms with Gasteiger partial charge in [-0.25, -0.2) is 0 Å². The molecule has 0 saturated carbocycles. The van der Waals surface area contributed by atoms with E-state index in [0.717, 1.165) is 5.56 Å². The van der Waals surface area contributed by atoms with Gasteiger partial charge < -0.3 is 10.5 Å². The van der Waals surface area contributed by atoms with Crippen LogP contribution in [0.3, 0.4) is 0 Å². The molecule has 3 aromatic carbocycles. The van der Waals surface area contributed by atoms with Crippen LogP contribution in [0.4, 0.5) is 5.69 Å². The zero-order chi connectivity index (χ0) is 24.7. The number of aryl methyl sites for hydroxylation is 1. The Hall–Kier alpha value is -4.98. The number of nitrogen functional groups attached to an aromatic ring is 1. The predicted molar refractivity (Wildman–Crippen MR) is 130 cm³/mol. The van der Waals surface area contributed by atoms with Gasteiger partial charge in [0.2, 0.25) is 0 Å². The molecule has 0 bridgehead atoms. The second kappa shape index (κ2) is 8.42. The van der Waals surface area contributed by atoms with Crippen molar-refractivity contribution < 1.29 is 23.9 Å². The maximum Gasteiger partial charge on any atom is 0.258 e. The zero-order valence-electron chi connectivity index (χ0n) is 18.5. The maximum atomic E-state index is 12.7. The van der Waals surface area contributed by atoms with Crippen molar-refractivity contribution in [2.24, 2.45) is 0 Å². The summed E-state index contributed by atoms with van der Waals surface area (Å²) in [6, 6.07) is 17.6. The number of para-hydroxylation sites is 1. The van der Waals surface area contributed by atoms with Gasteiger partial charge in [0.25, 0.3) is 23.6 Å². The lowest BCUT2D eigenvalue weighted by Crippen LogP contribution is -2.23. The molecule has 35 heavy (non-hydrogen) atoms. The Labute approximate surface area is 200 Å². The molecule has 2 heterocycles. The monoisotopic (exact) mass is 465 g/mol. The minimum absolute atomic E-state index is 0.0899. The third-order valence-corrected chi connectivity index (χ3v) is 5.73. The lowest BCUT2D eigenvalue weighted by Gasteiger charge is -2.18. The average Bonchev–Trinajstić information content (AvgIpc) is 3.34. The standard InChI is InChI=1S/C27H19N3O5/c1-14-11-15(28)9-10-21(14)35-22-8-3-2-5-16(22)17-6-4-7-18(19-12-23(31)29-26(19)33)25(17)20-13-24(32)30-27(20)34/h2-13H,28H2,1H3,(H,29,31,33)(H,30,32,34). The van der Waals surface area contributed by atoms with Gasteiger partial charge in [0, 0.05) is 29.0 Å². The van der Waals surface area contributed by atoms with E-state index in [1.54, 1.807) is 42.5 Å². The summed E-state index contributed by atoms with van der Waals surface area (Å²) in [6.07, 6.45) is 2.37. The highest BCUT2D eigenvalue weighted by Crippen LogP contribution is 2.42. The van der Waals surface area contributed by atoms with Gasteiger partial charge in [0.05, 0.1) is 11.1 Å². The molecule has 5 rings (SSSR count). The highest BCUT2D eigenvalue weighted by atomic mass is 16.5. The second-order valence-corrected chi connectivity index (χ2v) is 8.10. The number of rotatable bonds is 5. The van der Waals surface area contributed by atoms with Crippen LogP contribution in [-0.2, 0) is 19.2 Å². The van der Waals surface area contributed by atoms with Crippen molar-refractivity contribution >= 4 is 40.5 Å². The van der Waals surface area contributed by atoms with E-state index < -0.39 is 23.6 Å². The lowest BCUT2D eigenvalue weighted by molar-refractivity contribution is -0.124. The number of carbonyl (C=O) groups excluding carboxylic acids is 4. The average molecular weight is 465 g/mol. The number of carbonyl (C=O) groups is 4. The Kier molecular flexibility index (Phi) is 5.25. The van der Waals surface area contributed by atoms with Gasteiger partial charge in [-0.05, 0) is 47.9 Å². The van der Waals surface area contributed by atoms with Gasteiger partial charge in [-0.2, -0.15) is 0 Å². The molecular weight excluding hydrogens is 446 g/mol. The first-order chi connectivity index (χ1) is 16.8. The molecular formula is C27H19N3O5. The topological polar surface area (TPSA) is 128 Å². The fourth-order valence-electron chi connectivity index (χ4n) is 4.18. The molecule has 0 fully saturated rings. The van der Waals surface area contributed by atoms with Crippen molar-refractivity contribution in [3.8, 4) is 22.6 Å². The van der Waals surface area contributed by atoms with Crippen molar-refractivity contribution in [2.45, 2.75) is 6.92 Å². The predicted octanol–water partition coefficient (Wildman–Crippen LogP) is 3.12. The summed E-state index contributed by atoms with van der Waals surface area (Å²) in [5.74, 6) is -1.20. The van der Waals surface area contributed by atoms with E-state index in [0.29, 0.717) is 39.4 Å². The highest BCUT2D eigenvalue weighted by molar-refractivity contribution is 6.38. The van der Waals surface area contributed by atoms with E-state index in [2.05, 4.69) is 10.6 Å². The highest BCUT2D eigenvalue weighted by Gasteiger charge is 2.32. The number of hydrogen-bond acceptors (Lipinski definition) is 6. The number of amides is 4. The van der Waals surface area contributed by atoms with Gasteiger partial charge in [-0.15, -0.1) is 0 Å². The summed E-state index contributed by atoms with van der Waals surface area (Å²) in [5.41, 5.74) is 9.37. The fourth-order valence-corrected chi connectivity index (χ4v) is 4.18. The van der Waals surface area contributed by atoms with Crippen LogP contribution in [0, 0.1) is 6.92 Å². The van der Waals surface area contributed by atoms with Crippen LogP contribution in [0.15, 0.2) is 72.8 Å². The number of hydrogen-bond donors (Lipinski definition) is 3. The number of nitrogens with one attached hydrogen (secondary N) is 2. The molecule has 0 spiro atoms. The summed E-state index contributed by atoms with van der Waals surface area (Å²) < 4.78 is 6.23. The van der Waals surface area contributed by atoms with Crippen LogP contribution in [0.1, 0.15) is 16.7 Å². The quantitative estimate of drug-likeness (QED) is 0.392.